The van der Waals surface area contributed by atoms with Crippen molar-refractivity contribution in [3.8, 4) is 0 Å². The second-order valence-electron chi connectivity index (χ2n) is 4.99. The minimum atomic E-state index is -0.422. The van der Waals surface area contributed by atoms with Crippen LogP contribution in [0.3, 0.4) is 0 Å². The summed E-state index contributed by atoms with van der Waals surface area (Å²) < 4.78 is 20.4. The Bertz CT molecular complexity index is 826. The van der Waals surface area contributed by atoms with Gasteiger partial charge >= 0.3 is 5.97 Å². The van der Waals surface area contributed by atoms with Crippen molar-refractivity contribution in [3.05, 3.63) is 65.7 Å². The summed E-state index contributed by atoms with van der Waals surface area (Å²) in [5.74, 6) is -0.0573. The van der Waals surface area contributed by atoms with E-state index in [4.69, 9.17) is 4.74 Å². The van der Waals surface area contributed by atoms with Crippen LogP contribution < -0.4 is 0 Å². The third kappa shape index (κ3) is 2.83. The molecule has 0 N–H and O–H groups in total. The number of imidazole rings is 1. The predicted octanol–water partition coefficient (Wildman–Crippen LogP) is 3.23. The van der Waals surface area contributed by atoms with Crippen molar-refractivity contribution in [2.75, 3.05) is 0 Å². The summed E-state index contributed by atoms with van der Waals surface area (Å²) in [6.45, 7) is 1.82. The molecule has 3 aromatic rings. The number of carbonyl (C=O) groups is 1. The number of fused-ring (bicyclic) bond motifs is 1. The van der Waals surface area contributed by atoms with Crippen molar-refractivity contribution >= 4 is 17.0 Å². The first-order valence-corrected chi connectivity index (χ1v) is 6.96. The Morgan fingerprint density at radius 2 is 1.91 bits per heavy atom. The van der Waals surface area contributed by atoms with E-state index in [1.54, 1.807) is 22.8 Å². The van der Waals surface area contributed by atoms with Gasteiger partial charge in [-0.1, -0.05) is 30.3 Å². The van der Waals surface area contributed by atoms with Gasteiger partial charge < -0.3 is 9.30 Å². The highest BCUT2D eigenvalue weighted by Crippen LogP contribution is 2.15. The average molecular weight is 298 g/mol. The fourth-order valence-electron chi connectivity index (χ4n) is 2.34. The minimum absolute atomic E-state index is 0.0563. The first-order chi connectivity index (χ1) is 10.6. The number of para-hydroxylation sites is 2. The zero-order chi connectivity index (χ0) is 15.5. The van der Waals surface area contributed by atoms with Crippen LogP contribution in [0.4, 0.5) is 4.39 Å². The van der Waals surface area contributed by atoms with E-state index in [2.05, 4.69) is 4.98 Å². The van der Waals surface area contributed by atoms with Gasteiger partial charge in [-0.3, -0.25) is 4.79 Å². The Balaban J connectivity index is 1.71. The van der Waals surface area contributed by atoms with Crippen molar-refractivity contribution in [1.29, 1.82) is 0 Å². The Morgan fingerprint density at radius 1 is 1.18 bits per heavy atom. The van der Waals surface area contributed by atoms with Crippen LogP contribution in [-0.2, 0) is 22.7 Å². The summed E-state index contributed by atoms with van der Waals surface area (Å²) in [6, 6.07) is 13.8. The molecule has 0 spiro atoms. The maximum Gasteiger partial charge on any atom is 0.326 e. The van der Waals surface area contributed by atoms with Crippen molar-refractivity contribution in [2.45, 2.75) is 20.1 Å². The van der Waals surface area contributed by atoms with Crippen LogP contribution >= 0.6 is 0 Å². The molecule has 0 unspecified atom stereocenters. The average Bonchev–Trinajstić information content (AvgIpc) is 2.83. The quantitative estimate of drug-likeness (QED) is 0.695. The molecule has 0 atom stereocenters. The van der Waals surface area contributed by atoms with E-state index in [9.17, 15) is 9.18 Å². The van der Waals surface area contributed by atoms with Gasteiger partial charge in [0.25, 0.3) is 0 Å². The Labute approximate surface area is 127 Å². The molecule has 0 amide bonds. The fraction of sp³-hybridized carbons (Fsp3) is 0.176. The largest absolute Gasteiger partial charge is 0.459 e. The molecule has 2 aromatic carbocycles. The SMILES string of the molecule is Cc1nc2ccccc2n1CC(=O)OCc1ccccc1F. The lowest BCUT2D eigenvalue weighted by molar-refractivity contribution is -0.145. The normalized spacial score (nSPS) is 10.8. The Morgan fingerprint density at radius 3 is 2.73 bits per heavy atom. The van der Waals surface area contributed by atoms with Crippen LogP contribution in [-0.4, -0.2) is 15.5 Å². The van der Waals surface area contributed by atoms with Gasteiger partial charge in [-0.25, -0.2) is 9.37 Å². The van der Waals surface area contributed by atoms with E-state index in [0.29, 0.717) is 5.56 Å². The van der Waals surface area contributed by atoms with Crippen molar-refractivity contribution < 1.29 is 13.9 Å². The first kappa shape index (κ1) is 14.3. The fourth-order valence-corrected chi connectivity index (χ4v) is 2.34. The van der Waals surface area contributed by atoms with E-state index in [1.165, 1.54) is 6.07 Å². The molecular weight excluding hydrogens is 283 g/mol. The molecule has 0 aliphatic heterocycles. The summed E-state index contributed by atoms with van der Waals surface area (Å²) in [4.78, 5) is 16.4. The van der Waals surface area contributed by atoms with E-state index in [0.717, 1.165) is 16.9 Å². The lowest BCUT2D eigenvalue weighted by Crippen LogP contribution is -2.14. The predicted molar refractivity (Wildman–Crippen MR) is 80.7 cm³/mol. The molecule has 0 aliphatic rings. The molecule has 1 heterocycles. The van der Waals surface area contributed by atoms with Gasteiger partial charge in [-0.15, -0.1) is 0 Å². The lowest BCUT2D eigenvalue weighted by atomic mass is 10.2. The van der Waals surface area contributed by atoms with Gasteiger partial charge in [-0.05, 0) is 25.1 Å². The molecule has 5 heteroatoms. The number of carbonyl (C=O) groups excluding carboxylic acids is 1. The number of ether oxygens (including phenoxy) is 1. The molecule has 22 heavy (non-hydrogen) atoms. The van der Waals surface area contributed by atoms with Crippen molar-refractivity contribution in [1.82, 2.24) is 9.55 Å². The molecule has 1 aromatic heterocycles. The van der Waals surface area contributed by atoms with Gasteiger partial charge in [0.05, 0.1) is 11.0 Å². The highest BCUT2D eigenvalue weighted by atomic mass is 19.1. The van der Waals surface area contributed by atoms with Crippen molar-refractivity contribution in [2.24, 2.45) is 0 Å². The maximum atomic E-state index is 13.5. The summed E-state index contributed by atoms with van der Waals surface area (Å²) in [7, 11) is 0. The molecule has 0 saturated heterocycles. The monoisotopic (exact) mass is 298 g/mol. The summed E-state index contributed by atoms with van der Waals surface area (Å²) in [5.41, 5.74) is 2.08. The smallest absolute Gasteiger partial charge is 0.326 e. The summed E-state index contributed by atoms with van der Waals surface area (Å²) in [6.07, 6.45) is 0. The van der Waals surface area contributed by atoms with Gasteiger partial charge in [0, 0.05) is 5.56 Å². The number of nitrogens with zero attached hydrogens (tertiary/aromatic N) is 2. The standard InChI is InChI=1S/C17H15FN2O2/c1-12-19-15-8-4-5-9-16(15)20(12)10-17(21)22-11-13-6-2-3-7-14(13)18/h2-9H,10-11H2,1H3. The first-order valence-electron chi connectivity index (χ1n) is 6.96. The zero-order valence-corrected chi connectivity index (χ0v) is 12.1. The number of halogens is 1. The van der Waals surface area contributed by atoms with E-state index in [1.807, 2.05) is 31.2 Å². The number of hydrogen-bond acceptors (Lipinski definition) is 3. The molecule has 0 aliphatic carbocycles. The number of esters is 1. The van der Waals surface area contributed by atoms with Crippen LogP contribution in [0.15, 0.2) is 48.5 Å². The number of hydrogen-bond donors (Lipinski definition) is 0. The van der Waals surface area contributed by atoms with Gasteiger partial charge in [-0.2, -0.15) is 0 Å². The van der Waals surface area contributed by atoms with Crippen LogP contribution in [0.1, 0.15) is 11.4 Å². The van der Waals surface area contributed by atoms with E-state index >= 15 is 0 Å². The van der Waals surface area contributed by atoms with Gasteiger partial charge in [0.15, 0.2) is 0 Å². The third-order valence-corrected chi connectivity index (χ3v) is 3.48. The molecule has 3 rings (SSSR count). The molecule has 0 saturated carbocycles. The lowest BCUT2D eigenvalue weighted by Gasteiger charge is -2.08. The molecular formula is C17H15FN2O2. The highest BCUT2D eigenvalue weighted by Gasteiger charge is 2.12. The molecule has 4 nitrogen and oxygen atoms in total. The second-order valence-corrected chi connectivity index (χ2v) is 4.99. The van der Waals surface area contributed by atoms with Crippen LogP contribution in [0.2, 0.25) is 0 Å². The molecule has 112 valence electrons. The van der Waals surface area contributed by atoms with Gasteiger partial charge in [0.1, 0.15) is 24.8 Å². The van der Waals surface area contributed by atoms with Gasteiger partial charge in [0.2, 0.25) is 0 Å². The molecule has 0 radical (unpaired) electrons. The minimum Gasteiger partial charge on any atom is -0.459 e. The van der Waals surface area contributed by atoms with Crippen LogP contribution in [0, 0.1) is 12.7 Å². The maximum absolute atomic E-state index is 13.5. The number of aryl methyl sites for hydroxylation is 1. The van der Waals surface area contributed by atoms with E-state index < -0.39 is 5.97 Å². The Kier molecular flexibility index (Phi) is 3.87. The Hall–Kier alpha value is -2.69. The summed E-state index contributed by atoms with van der Waals surface area (Å²) >= 11 is 0. The number of rotatable bonds is 4. The van der Waals surface area contributed by atoms with E-state index in [-0.39, 0.29) is 19.0 Å². The highest BCUT2D eigenvalue weighted by molar-refractivity contribution is 5.78. The number of benzene rings is 2. The van der Waals surface area contributed by atoms with Crippen LogP contribution in [0.5, 0.6) is 0 Å². The number of aromatic nitrogens is 2. The molecule has 0 fully saturated rings. The topological polar surface area (TPSA) is 44.1 Å². The molecule has 0 bridgehead atoms. The van der Waals surface area contributed by atoms with Crippen LogP contribution in [0.25, 0.3) is 11.0 Å². The second kappa shape index (κ2) is 5.97. The zero-order valence-electron chi connectivity index (χ0n) is 12.1. The van der Waals surface area contributed by atoms with Crippen molar-refractivity contribution in [3.63, 3.8) is 0 Å². The summed E-state index contributed by atoms with van der Waals surface area (Å²) in [5, 5.41) is 0. The third-order valence-electron chi connectivity index (χ3n) is 3.48.